The minimum absolute atomic E-state index is 0.0196. The molecule has 2 aromatic rings. The smallest absolute Gasteiger partial charge is 0.275 e. The Hall–Kier alpha value is -2.34. The number of hydrogen-bond acceptors (Lipinski definition) is 4. The van der Waals surface area contributed by atoms with Crippen LogP contribution in [-0.4, -0.2) is 35.4 Å². The molecule has 6 heteroatoms. The molecule has 1 aromatic carbocycles. The fraction of sp³-hybridized carbons (Fsp3) is 0.375. The summed E-state index contributed by atoms with van der Waals surface area (Å²) in [5.74, 6) is 0.730. The zero-order chi connectivity index (χ0) is 15.5. The minimum atomic E-state index is -0.261. The highest BCUT2D eigenvalue weighted by Crippen LogP contribution is 2.31. The Morgan fingerprint density at radius 3 is 2.82 bits per heavy atom. The van der Waals surface area contributed by atoms with Gasteiger partial charge in [0.2, 0.25) is 0 Å². The lowest BCUT2D eigenvalue weighted by molar-refractivity contribution is 0.0942. The van der Waals surface area contributed by atoms with Crippen LogP contribution in [0.1, 0.15) is 23.3 Å². The largest absolute Gasteiger partial charge is 0.493 e. The van der Waals surface area contributed by atoms with Crippen molar-refractivity contribution in [2.45, 2.75) is 18.9 Å². The van der Waals surface area contributed by atoms with E-state index in [2.05, 4.69) is 10.4 Å². The number of rotatable bonds is 6. The van der Waals surface area contributed by atoms with E-state index in [4.69, 9.17) is 10.5 Å². The van der Waals surface area contributed by atoms with Crippen molar-refractivity contribution in [3.63, 3.8) is 0 Å². The first-order chi connectivity index (χ1) is 10.7. The van der Waals surface area contributed by atoms with Gasteiger partial charge in [-0.3, -0.25) is 4.79 Å². The molecule has 1 heterocycles. The zero-order valence-electron chi connectivity index (χ0n) is 12.5. The highest BCUT2D eigenvalue weighted by molar-refractivity contribution is 5.95. The summed E-state index contributed by atoms with van der Waals surface area (Å²) in [7, 11) is 1.53. The van der Waals surface area contributed by atoms with E-state index in [1.54, 1.807) is 10.9 Å². The third-order valence-electron chi connectivity index (χ3n) is 3.86. The standard InChI is InChI=1S/C16H20N4O2/c1-22-14-10-20(12-5-3-2-4-6-12)19-15(14)16(21)18-9-13(17)11-7-8-11/h2-6,10-11,13H,7-9,17H2,1H3,(H,18,21). The fourth-order valence-electron chi connectivity index (χ4n) is 2.36. The lowest BCUT2D eigenvalue weighted by Crippen LogP contribution is -2.38. The summed E-state index contributed by atoms with van der Waals surface area (Å²) < 4.78 is 6.89. The van der Waals surface area contributed by atoms with Crippen LogP contribution in [0.3, 0.4) is 0 Å². The predicted octanol–water partition coefficient (Wildman–Crippen LogP) is 1.35. The molecular formula is C16H20N4O2. The SMILES string of the molecule is COc1cn(-c2ccccc2)nc1C(=O)NCC(N)C1CC1. The molecular weight excluding hydrogens is 280 g/mol. The summed E-state index contributed by atoms with van der Waals surface area (Å²) in [6.45, 7) is 0.463. The molecule has 0 saturated heterocycles. The second-order valence-corrected chi connectivity index (χ2v) is 5.54. The molecule has 6 nitrogen and oxygen atoms in total. The third kappa shape index (κ3) is 3.12. The number of benzene rings is 1. The maximum absolute atomic E-state index is 12.3. The Labute approximate surface area is 129 Å². The number of aromatic nitrogens is 2. The normalized spacial score (nSPS) is 15.4. The van der Waals surface area contributed by atoms with E-state index in [0.29, 0.717) is 18.2 Å². The van der Waals surface area contributed by atoms with E-state index < -0.39 is 0 Å². The number of carbonyl (C=O) groups is 1. The molecule has 0 aliphatic heterocycles. The van der Waals surface area contributed by atoms with Crippen LogP contribution in [0.25, 0.3) is 5.69 Å². The quantitative estimate of drug-likeness (QED) is 0.843. The van der Waals surface area contributed by atoms with E-state index in [1.807, 2.05) is 30.3 Å². The van der Waals surface area contributed by atoms with E-state index in [-0.39, 0.29) is 17.6 Å². The summed E-state index contributed by atoms with van der Waals surface area (Å²) in [6, 6.07) is 9.60. The van der Waals surface area contributed by atoms with Crippen LogP contribution in [-0.2, 0) is 0 Å². The Bertz CT molecular complexity index is 649. The highest BCUT2D eigenvalue weighted by Gasteiger charge is 2.29. The van der Waals surface area contributed by atoms with Crippen molar-refractivity contribution in [1.82, 2.24) is 15.1 Å². The number of nitrogens with two attached hydrogens (primary N) is 1. The molecule has 1 atom stereocenters. The summed E-state index contributed by atoms with van der Waals surface area (Å²) in [4.78, 5) is 12.3. The number of amides is 1. The second-order valence-electron chi connectivity index (χ2n) is 5.54. The molecule has 0 radical (unpaired) electrons. The van der Waals surface area contributed by atoms with Crippen LogP contribution in [0.2, 0.25) is 0 Å². The van der Waals surface area contributed by atoms with Crippen LogP contribution in [0, 0.1) is 5.92 Å². The van der Waals surface area contributed by atoms with Gasteiger partial charge in [0, 0.05) is 12.6 Å². The third-order valence-corrected chi connectivity index (χ3v) is 3.86. The summed E-state index contributed by atoms with van der Waals surface area (Å²) in [5, 5.41) is 7.17. The van der Waals surface area contributed by atoms with Crippen LogP contribution in [0.15, 0.2) is 36.5 Å². The number of ether oxygens (including phenoxy) is 1. The van der Waals surface area contributed by atoms with E-state index in [0.717, 1.165) is 18.5 Å². The molecule has 1 aliphatic rings. The van der Waals surface area contributed by atoms with Gasteiger partial charge in [0.25, 0.3) is 5.91 Å². The molecule has 1 fully saturated rings. The van der Waals surface area contributed by atoms with Gasteiger partial charge in [-0.1, -0.05) is 18.2 Å². The molecule has 1 unspecified atom stereocenters. The molecule has 3 N–H and O–H groups in total. The van der Waals surface area contributed by atoms with Crippen molar-refractivity contribution >= 4 is 5.91 Å². The summed E-state index contributed by atoms with van der Waals surface area (Å²) >= 11 is 0. The van der Waals surface area contributed by atoms with Crippen molar-refractivity contribution in [1.29, 1.82) is 0 Å². The molecule has 1 aromatic heterocycles. The highest BCUT2D eigenvalue weighted by atomic mass is 16.5. The molecule has 0 bridgehead atoms. The summed E-state index contributed by atoms with van der Waals surface area (Å²) in [5.41, 5.74) is 7.14. The van der Waals surface area contributed by atoms with Gasteiger partial charge in [0.15, 0.2) is 11.4 Å². The number of nitrogens with one attached hydrogen (secondary N) is 1. The first kappa shape index (κ1) is 14.6. The topological polar surface area (TPSA) is 82.2 Å². The Kier molecular flexibility index (Phi) is 4.11. The zero-order valence-corrected chi connectivity index (χ0v) is 12.5. The van der Waals surface area contributed by atoms with Gasteiger partial charge in [0.05, 0.1) is 19.0 Å². The molecule has 1 aliphatic carbocycles. The van der Waals surface area contributed by atoms with Crippen molar-refractivity contribution < 1.29 is 9.53 Å². The lowest BCUT2D eigenvalue weighted by atomic mass is 10.2. The Balaban J connectivity index is 1.74. The molecule has 1 saturated carbocycles. The van der Waals surface area contributed by atoms with E-state index in [1.165, 1.54) is 7.11 Å². The number of hydrogen-bond donors (Lipinski definition) is 2. The lowest BCUT2D eigenvalue weighted by Gasteiger charge is -2.10. The van der Waals surface area contributed by atoms with Crippen LogP contribution < -0.4 is 15.8 Å². The molecule has 116 valence electrons. The maximum atomic E-state index is 12.3. The second kappa shape index (κ2) is 6.19. The van der Waals surface area contributed by atoms with Crippen molar-refractivity contribution in [3.05, 3.63) is 42.2 Å². The Morgan fingerprint density at radius 2 is 2.18 bits per heavy atom. The fourth-order valence-corrected chi connectivity index (χ4v) is 2.36. The number of para-hydroxylation sites is 1. The van der Waals surface area contributed by atoms with Crippen molar-refractivity contribution in [3.8, 4) is 11.4 Å². The average molecular weight is 300 g/mol. The van der Waals surface area contributed by atoms with Gasteiger partial charge in [-0.05, 0) is 30.9 Å². The van der Waals surface area contributed by atoms with Gasteiger partial charge >= 0.3 is 0 Å². The minimum Gasteiger partial charge on any atom is -0.493 e. The Morgan fingerprint density at radius 1 is 1.45 bits per heavy atom. The van der Waals surface area contributed by atoms with Gasteiger partial charge in [0.1, 0.15) is 0 Å². The van der Waals surface area contributed by atoms with Gasteiger partial charge in [-0.15, -0.1) is 0 Å². The van der Waals surface area contributed by atoms with Gasteiger partial charge in [-0.2, -0.15) is 5.10 Å². The first-order valence-corrected chi connectivity index (χ1v) is 7.42. The van der Waals surface area contributed by atoms with Crippen LogP contribution in [0.4, 0.5) is 0 Å². The van der Waals surface area contributed by atoms with Gasteiger partial charge < -0.3 is 15.8 Å². The maximum Gasteiger partial charge on any atom is 0.275 e. The number of methoxy groups -OCH3 is 1. The summed E-state index contributed by atoms with van der Waals surface area (Å²) in [6.07, 6.45) is 4.01. The van der Waals surface area contributed by atoms with Crippen LogP contribution in [0.5, 0.6) is 5.75 Å². The van der Waals surface area contributed by atoms with Gasteiger partial charge in [-0.25, -0.2) is 4.68 Å². The number of carbonyl (C=O) groups excluding carboxylic acids is 1. The molecule has 1 amide bonds. The molecule has 3 rings (SSSR count). The molecule has 0 spiro atoms. The van der Waals surface area contributed by atoms with Crippen LogP contribution >= 0.6 is 0 Å². The first-order valence-electron chi connectivity index (χ1n) is 7.42. The van der Waals surface area contributed by atoms with Crippen molar-refractivity contribution in [2.75, 3.05) is 13.7 Å². The predicted molar refractivity (Wildman–Crippen MR) is 83.1 cm³/mol. The van der Waals surface area contributed by atoms with E-state index in [9.17, 15) is 4.79 Å². The molecule has 22 heavy (non-hydrogen) atoms. The van der Waals surface area contributed by atoms with Crippen molar-refractivity contribution in [2.24, 2.45) is 11.7 Å². The monoisotopic (exact) mass is 300 g/mol. The average Bonchev–Trinajstić information content (AvgIpc) is 3.32. The number of nitrogens with zero attached hydrogens (tertiary/aromatic N) is 2. The van der Waals surface area contributed by atoms with E-state index >= 15 is 0 Å².